The van der Waals surface area contributed by atoms with Crippen LogP contribution in [0.1, 0.15) is 0 Å². The smallest absolute Gasteiger partial charge is 0.320 e. The summed E-state index contributed by atoms with van der Waals surface area (Å²) in [5.74, 6) is 0.481. The van der Waals surface area contributed by atoms with E-state index in [1.165, 1.54) is 7.11 Å². The van der Waals surface area contributed by atoms with E-state index in [-0.39, 0.29) is 0 Å². The van der Waals surface area contributed by atoms with E-state index in [0.717, 1.165) is 11.3 Å². The van der Waals surface area contributed by atoms with Gasteiger partial charge in [0.2, 0.25) is 5.88 Å². The number of methoxy groups -OCH3 is 2. The third-order valence-corrected chi connectivity index (χ3v) is 2.09. The van der Waals surface area contributed by atoms with Gasteiger partial charge >= 0.3 is 6.01 Å². The maximum absolute atomic E-state index is 5.08. The summed E-state index contributed by atoms with van der Waals surface area (Å²) in [4.78, 5) is 8.28. The minimum atomic E-state index is 0.294. The summed E-state index contributed by atoms with van der Waals surface area (Å²) >= 11 is 0. The Morgan fingerprint density at radius 3 is 2.44 bits per heavy atom. The zero-order chi connectivity index (χ0) is 11.4. The fraction of sp³-hybridized carbons (Fsp3) is 0.167. The fourth-order valence-electron chi connectivity index (χ4n) is 1.31. The highest BCUT2D eigenvalue weighted by Gasteiger charge is 2.06. The Morgan fingerprint density at radius 1 is 1.06 bits per heavy atom. The number of rotatable bonds is 3. The number of hydrogen-bond acceptors (Lipinski definition) is 4. The molecule has 16 heavy (non-hydrogen) atoms. The summed E-state index contributed by atoms with van der Waals surface area (Å²) in [7, 11) is 3.08. The molecule has 4 heteroatoms. The van der Waals surface area contributed by atoms with Crippen LogP contribution < -0.4 is 9.47 Å². The van der Waals surface area contributed by atoms with Crippen molar-refractivity contribution in [1.29, 1.82) is 0 Å². The molecule has 0 saturated carbocycles. The summed E-state index contributed by atoms with van der Waals surface area (Å²) in [6, 6.07) is 12.5. The maximum Gasteiger partial charge on any atom is 0.320 e. The van der Waals surface area contributed by atoms with Gasteiger partial charge in [0.25, 0.3) is 0 Å². The predicted octanol–water partition coefficient (Wildman–Crippen LogP) is 1.96. The highest BCUT2D eigenvalue weighted by atomic mass is 16.5. The number of nitrogens with zero attached hydrogens (tertiary/aromatic N) is 2. The van der Waals surface area contributed by atoms with Crippen LogP contribution in [0.4, 0.5) is 0 Å². The lowest BCUT2D eigenvalue weighted by molar-refractivity contribution is 0.353. The molecule has 1 heterocycles. The second-order valence-electron chi connectivity index (χ2n) is 3.07. The molecule has 2 aromatic rings. The zero-order valence-corrected chi connectivity index (χ0v) is 9.10. The van der Waals surface area contributed by atoms with Crippen LogP contribution in [0, 0.1) is 6.07 Å². The second kappa shape index (κ2) is 4.61. The van der Waals surface area contributed by atoms with Crippen molar-refractivity contribution >= 4 is 0 Å². The van der Waals surface area contributed by atoms with E-state index >= 15 is 0 Å². The quantitative estimate of drug-likeness (QED) is 0.785. The Balaban J connectivity index is 2.48. The van der Waals surface area contributed by atoms with Crippen molar-refractivity contribution in [3.05, 3.63) is 36.4 Å². The van der Waals surface area contributed by atoms with Crippen LogP contribution in [0.3, 0.4) is 0 Å². The molecule has 4 nitrogen and oxygen atoms in total. The molecule has 0 aliphatic rings. The maximum atomic E-state index is 5.08. The van der Waals surface area contributed by atoms with Gasteiger partial charge in [0.15, 0.2) is 0 Å². The van der Waals surface area contributed by atoms with Gasteiger partial charge < -0.3 is 9.47 Å². The molecule has 1 aromatic carbocycles. The van der Waals surface area contributed by atoms with Crippen LogP contribution in [0.2, 0.25) is 0 Å². The molecule has 1 radical (unpaired) electrons. The van der Waals surface area contributed by atoms with Gasteiger partial charge in [0.1, 0.15) is 0 Å². The van der Waals surface area contributed by atoms with Gasteiger partial charge in [0, 0.05) is 11.6 Å². The van der Waals surface area contributed by atoms with Gasteiger partial charge in [-0.25, -0.2) is 0 Å². The van der Waals surface area contributed by atoms with E-state index in [1.807, 2.05) is 24.3 Å². The van der Waals surface area contributed by atoms with Gasteiger partial charge in [-0.1, -0.05) is 24.3 Å². The molecule has 0 atom stereocenters. The monoisotopic (exact) mass is 215 g/mol. The van der Waals surface area contributed by atoms with Crippen LogP contribution in [-0.2, 0) is 0 Å². The topological polar surface area (TPSA) is 44.2 Å². The van der Waals surface area contributed by atoms with Crippen molar-refractivity contribution in [3.63, 3.8) is 0 Å². The molecule has 0 fully saturated rings. The molecule has 0 unspecified atom stereocenters. The van der Waals surface area contributed by atoms with E-state index in [9.17, 15) is 0 Å². The van der Waals surface area contributed by atoms with E-state index in [1.54, 1.807) is 13.2 Å². The van der Waals surface area contributed by atoms with Crippen molar-refractivity contribution in [2.75, 3.05) is 14.2 Å². The molecule has 0 aliphatic carbocycles. The molecule has 0 aliphatic heterocycles. The lowest BCUT2D eigenvalue weighted by atomic mass is 10.1. The summed E-state index contributed by atoms with van der Waals surface area (Å²) in [5, 5.41) is 0. The minimum Gasteiger partial charge on any atom is -0.481 e. The van der Waals surface area contributed by atoms with Crippen molar-refractivity contribution in [2.24, 2.45) is 0 Å². The lowest BCUT2D eigenvalue weighted by Gasteiger charge is -2.05. The van der Waals surface area contributed by atoms with Gasteiger partial charge in [-0.05, 0) is 6.07 Å². The fourth-order valence-corrected chi connectivity index (χ4v) is 1.31. The highest BCUT2D eigenvalue weighted by Crippen LogP contribution is 2.22. The van der Waals surface area contributed by atoms with Crippen molar-refractivity contribution < 1.29 is 9.47 Å². The normalized spacial score (nSPS) is 9.88. The summed E-state index contributed by atoms with van der Waals surface area (Å²) < 4.78 is 10.1. The molecule has 0 spiro atoms. The van der Waals surface area contributed by atoms with Crippen LogP contribution in [-0.4, -0.2) is 24.2 Å². The summed E-state index contributed by atoms with van der Waals surface area (Å²) in [5.41, 5.74) is 1.73. The number of ether oxygens (including phenoxy) is 2. The molecule has 0 amide bonds. The molecular formula is C12H11N2O2. The van der Waals surface area contributed by atoms with Crippen LogP contribution in [0.25, 0.3) is 11.3 Å². The van der Waals surface area contributed by atoms with E-state index in [4.69, 9.17) is 9.47 Å². The van der Waals surface area contributed by atoms with Gasteiger partial charge in [-0.15, -0.1) is 0 Å². The molecule has 1 aromatic heterocycles. The SMILES string of the molecule is COc1cc(-c2cc[c]cc2)nc(OC)n1. The number of benzene rings is 1. The molecule has 81 valence electrons. The first-order valence-corrected chi connectivity index (χ1v) is 4.77. The Hall–Kier alpha value is -2.10. The first kappa shape index (κ1) is 10.4. The van der Waals surface area contributed by atoms with Gasteiger partial charge in [-0.2, -0.15) is 9.97 Å². The lowest BCUT2D eigenvalue weighted by Crippen LogP contribution is -1.97. The van der Waals surface area contributed by atoms with E-state index < -0.39 is 0 Å². The highest BCUT2D eigenvalue weighted by molar-refractivity contribution is 5.60. The molecule has 0 N–H and O–H groups in total. The number of hydrogen-bond donors (Lipinski definition) is 0. The average Bonchev–Trinajstić information content (AvgIpc) is 2.39. The molecule has 2 rings (SSSR count). The van der Waals surface area contributed by atoms with Crippen molar-refractivity contribution in [1.82, 2.24) is 9.97 Å². The third kappa shape index (κ3) is 2.11. The molecule has 0 bridgehead atoms. The summed E-state index contributed by atoms with van der Waals surface area (Å²) in [6.07, 6.45) is 0. The third-order valence-electron chi connectivity index (χ3n) is 2.09. The molecule has 0 saturated heterocycles. The number of aromatic nitrogens is 2. The van der Waals surface area contributed by atoms with Crippen molar-refractivity contribution in [2.45, 2.75) is 0 Å². The van der Waals surface area contributed by atoms with E-state index in [2.05, 4.69) is 16.0 Å². The van der Waals surface area contributed by atoms with E-state index in [0.29, 0.717) is 11.9 Å². The first-order chi connectivity index (χ1) is 7.83. The Morgan fingerprint density at radius 2 is 1.81 bits per heavy atom. The minimum absolute atomic E-state index is 0.294. The Kier molecular flexibility index (Phi) is 3.00. The van der Waals surface area contributed by atoms with Crippen LogP contribution >= 0.6 is 0 Å². The summed E-state index contributed by atoms with van der Waals surface area (Å²) in [6.45, 7) is 0. The van der Waals surface area contributed by atoms with Gasteiger partial charge in [0.05, 0.1) is 19.9 Å². The predicted molar refractivity (Wildman–Crippen MR) is 59.4 cm³/mol. The Labute approximate surface area is 93.9 Å². The second-order valence-corrected chi connectivity index (χ2v) is 3.07. The zero-order valence-electron chi connectivity index (χ0n) is 9.10. The first-order valence-electron chi connectivity index (χ1n) is 4.77. The van der Waals surface area contributed by atoms with Gasteiger partial charge in [-0.3, -0.25) is 0 Å². The largest absolute Gasteiger partial charge is 0.481 e. The Bertz CT molecular complexity index is 449. The van der Waals surface area contributed by atoms with Crippen molar-refractivity contribution in [3.8, 4) is 23.1 Å². The average molecular weight is 215 g/mol. The molecular weight excluding hydrogens is 204 g/mol. The standard InChI is InChI=1S/C12H11N2O2/c1-15-11-8-10(13-12(14-11)16-2)9-6-4-3-5-7-9/h4-8H,1-2H3. The van der Waals surface area contributed by atoms with Crippen LogP contribution in [0.5, 0.6) is 11.9 Å². The van der Waals surface area contributed by atoms with Crippen LogP contribution in [0.15, 0.2) is 30.3 Å².